The van der Waals surface area contributed by atoms with Crippen LogP contribution in [-0.2, 0) is 4.74 Å². The van der Waals surface area contributed by atoms with Gasteiger partial charge in [0, 0.05) is 18.0 Å². The van der Waals surface area contributed by atoms with Gasteiger partial charge in [-0.3, -0.25) is 0 Å². The highest BCUT2D eigenvalue weighted by Crippen LogP contribution is 1.75. The highest BCUT2D eigenvalue weighted by molar-refractivity contribution is 5.66. The zero-order valence-electron chi connectivity index (χ0n) is 6.28. The van der Waals surface area contributed by atoms with E-state index in [1.165, 1.54) is 0 Å². The van der Waals surface area contributed by atoms with Crippen molar-refractivity contribution in [2.75, 3.05) is 19.7 Å². The molecule has 0 saturated heterocycles. The van der Waals surface area contributed by atoms with Crippen molar-refractivity contribution in [2.45, 2.75) is 6.92 Å². The average Bonchev–Trinajstić information content (AvgIpc) is 1.99. The van der Waals surface area contributed by atoms with Crippen molar-refractivity contribution in [2.24, 2.45) is 5.11 Å². The Morgan fingerprint density at radius 2 is 2.55 bits per heavy atom. The largest absolute Gasteiger partial charge is 0.450 e. The van der Waals surface area contributed by atoms with Crippen LogP contribution in [0.5, 0.6) is 0 Å². The molecular formula is C5H10N4O2. The third kappa shape index (κ3) is 6.47. The minimum atomic E-state index is -0.486. The monoisotopic (exact) mass is 158 g/mol. The maximum Gasteiger partial charge on any atom is 0.407 e. The van der Waals surface area contributed by atoms with Crippen LogP contribution in [-0.4, -0.2) is 25.8 Å². The Morgan fingerprint density at radius 3 is 3.09 bits per heavy atom. The lowest BCUT2D eigenvalue weighted by atomic mass is 10.6. The highest BCUT2D eigenvalue weighted by atomic mass is 16.5. The average molecular weight is 158 g/mol. The van der Waals surface area contributed by atoms with E-state index >= 15 is 0 Å². The lowest BCUT2D eigenvalue weighted by molar-refractivity contribution is 0.152. The van der Waals surface area contributed by atoms with Crippen LogP contribution in [0.4, 0.5) is 4.79 Å². The molecule has 0 spiro atoms. The summed E-state index contributed by atoms with van der Waals surface area (Å²) in [7, 11) is 0. The van der Waals surface area contributed by atoms with Crippen LogP contribution in [0, 0.1) is 0 Å². The van der Waals surface area contributed by atoms with Gasteiger partial charge in [0.15, 0.2) is 0 Å². The molecule has 0 heterocycles. The second-order valence-electron chi connectivity index (χ2n) is 1.60. The van der Waals surface area contributed by atoms with E-state index in [1.807, 2.05) is 0 Å². The summed E-state index contributed by atoms with van der Waals surface area (Å²) in [4.78, 5) is 13.0. The first kappa shape index (κ1) is 9.58. The SMILES string of the molecule is CCOC(=O)NCCN=[N+]=[N-]. The lowest BCUT2D eigenvalue weighted by Gasteiger charge is -2.01. The molecule has 0 aliphatic carbocycles. The Hall–Kier alpha value is -1.42. The minimum absolute atomic E-state index is 0.245. The smallest absolute Gasteiger partial charge is 0.407 e. The Bertz CT molecular complexity index is 164. The van der Waals surface area contributed by atoms with Crippen LogP contribution < -0.4 is 5.32 Å². The van der Waals surface area contributed by atoms with Crippen molar-refractivity contribution in [3.05, 3.63) is 10.4 Å². The summed E-state index contributed by atoms with van der Waals surface area (Å²) in [6.07, 6.45) is -0.486. The summed E-state index contributed by atoms with van der Waals surface area (Å²) in [6.45, 7) is 2.61. The van der Waals surface area contributed by atoms with Crippen molar-refractivity contribution in [1.29, 1.82) is 0 Å². The fourth-order valence-corrected chi connectivity index (χ4v) is 0.435. The van der Waals surface area contributed by atoms with E-state index in [9.17, 15) is 4.79 Å². The zero-order chi connectivity index (χ0) is 8.53. The predicted molar refractivity (Wildman–Crippen MR) is 39.0 cm³/mol. The second kappa shape index (κ2) is 6.70. The Labute approximate surface area is 64.2 Å². The number of amides is 1. The van der Waals surface area contributed by atoms with Crippen molar-refractivity contribution in [3.8, 4) is 0 Å². The second-order valence-corrected chi connectivity index (χ2v) is 1.60. The molecular weight excluding hydrogens is 148 g/mol. The predicted octanol–water partition coefficient (Wildman–Crippen LogP) is 1.04. The number of carbonyl (C=O) groups is 1. The molecule has 11 heavy (non-hydrogen) atoms. The van der Waals surface area contributed by atoms with Gasteiger partial charge in [0.05, 0.1) is 6.61 Å². The number of hydrogen-bond donors (Lipinski definition) is 1. The maximum atomic E-state index is 10.5. The van der Waals surface area contributed by atoms with Crippen molar-refractivity contribution in [1.82, 2.24) is 5.32 Å². The molecule has 0 aromatic rings. The number of hydrogen-bond acceptors (Lipinski definition) is 3. The van der Waals surface area contributed by atoms with E-state index in [2.05, 4.69) is 20.1 Å². The van der Waals surface area contributed by atoms with Crippen LogP contribution in [0.15, 0.2) is 5.11 Å². The molecule has 1 amide bonds. The number of nitrogens with one attached hydrogen (secondary N) is 1. The molecule has 0 aliphatic rings. The van der Waals surface area contributed by atoms with Gasteiger partial charge in [0.2, 0.25) is 0 Å². The first-order valence-corrected chi connectivity index (χ1v) is 3.22. The summed E-state index contributed by atoms with van der Waals surface area (Å²) < 4.78 is 4.54. The number of ether oxygens (including phenoxy) is 1. The Morgan fingerprint density at radius 1 is 1.82 bits per heavy atom. The van der Waals surface area contributed by atoms with Gasteiger partial charge in [-0.25, -0.2) is 4.79 Å². The van der Waals surface area contributed by atoms with E-state index in [0.717, 1.165) is 0 Å². The van der Waals surface area contributed by atoms with Crippen LogP contribution in [0.2, 0.25) is 0 Å². The van der Waals surface area contributed by atoms with Gasteiger partial charge in [-0.2, -0.15) is 0 Å². The standard InChI is InChI=1S/C5H10N4O2/c1-2-11-5(10)7-3-4-8-9-6/h2-4H2,1H3,(H,7,10). The first-order valence-electron chi connectivity index (χ1n) is 3.22. The Balaban J connectivity index is 3.23. The molecule has 0 bridgehead atoms. The lowest BCUT2D eigenvalue weighted by Crippen LogP contribution is -2.26. The van der Waals surface area contributed by atoms with Crippen molar-refractivity contribution >= 4 is 6.09 Å². The molecule has 0 radical (unpaired) electrons. The first-order chi connectivity index (χ1) is 5.31. The van der Waals surface area contributed by atoms with E-state index in [0.29, 0.717) is 13.2 Å². The van der Waals surface area contributed by atoms with Gasteiger partial charge in [-0.05, 0) is 12.5 Å². The molecule has 0 aliphatic heterocycles. The zero-order valence-corrected chi connectivity index (χ0v) is 6.28. The van der Waals surface area contributed by atoms with Crippen LogP contribution in [0.3, 0.4) is 0 Å². The number of nitrogens with zero attached hydrogens (tertiary/aromatic N) is 3. The molecule has 1 N–H and O–H groups in total. The van der Waals surface area contributed by atoms with E-state index in [1.54, 1.807) is 6.92 Å². The topological polar surface area (TPSA) is 87.1 Å². The van der Waals surface area contributed by atoms with Gasteiger partial charge in [-0.15, -0.1) is 0 Å². The summed E-state index contributed by atoms with van der Waals surface area (Å²) >= 11 is 0. The third-order valence-corrected chi connectivity index (χ3v) is 0.820. The number of rotatable bonds is 4. The number of alkyl carbamates (subject to hydrolysis) is 1. The van der Waals surface area contributed by atoms with Gasteiger partial charge >= 0.3 is 6.09 Å². The van der Waals surface area contributed by atoms with Crippen LogP contribution >= 0.6 is 0 Å². The number of carbonyl (C=O) groups excluding carboxylic acids is 1. The molecule has 62 valence electrons. The van der Waals surface area contributed by atoms with Gasteiger partial charge in [0.1, 0.15) is 0 Å². The minimum Gasteiger partial charge on any atom is -0.450 e. The molecule has 0 aromatic carbocycles. The molecule has 0 saturated carbocycles. The third-order valence-electron chi connectivity index (χ3n) is 0.820. The van der Waals surface area contributed by atoms with E-state index < -0.39 is 6.09 Å². The summed E-state index contributed by atoms with van der Waals surface area (Å²) in [5.74, 6) is 0. The molecule has 0 atom stereocenters. The van der Waals surface area contributed by atoms with Crippen LogP contribution in [0.1, 0.15) is 6.92 Å². The summed E-state index contributed by atoms with van der Waals surface area (Å²) in [5, 5.41) is 5.61. The fourth-order valence-electron chi connectivity index (χ4n) is 0.435. The summed E-state index contributed by atoms with van der Waals surface area (Å²) in [5.41, 5.74) is 7.85. The highest BCUT2D eigenvalue weighted by Gasteiger charge is 1.95. The normalized spacial score (nSPS) is 8.09. The summed E-state index contributed by atoms with van der Waals surface area (Å²) in [6, 6.07) is 0. The molecule has 0 aromatic heterocycles. The van der Waals surface area contributed by atoms with Gasteiger partial charge in [-0.1, -0.05) is 5.11 Å². The van der Waals surface area contributed by atoms with Crippen molar-refractivity contribution in [3.63, 3.8) is 0 Å². The molecule has 0 unspecified atom stereocenters. The van der Waals surface area contributed by atoms with E-state index in [-0.39, 0.29) is 6.54 Å². The van der Waals surface area contributed by atoms with Gasteiger partial charge < -0.3 is 10.1 Å². The van der Waals surface area contributed by atoms with Gasteiger partial charge in [0.25, 0.3) is 0 Å². The molecule has 0 rings (SSSR count). The molecule has 6 nitrogen and oxygen atoms in total. The Kier molecular flexibility index (Phi) is 5.83. The quantitative estimate of drug-likeness (QED) is 0.287. The van der Waals surface area contributed by atoms with E-state index in [4.69, 9.17) is 5.53 Å². The maximum absolute atomic E-state index is 10.5. The fraction of sp³-hybridized carbons (Fsp3) is 0.800. The molecule has 0 fully saturated rings. The van der Waals surface area contributed by atoms with Crippen molar-refractivity contribution < 1.29 is 9.53 Å². The number of azide groups is 1. The van der Waals surface area contributed by atoms with Crippen LogP contribution in [0.25, 0.3) is 10.4 Å². The molecule has 6 heteroatoms.